The number of quaternary nitrogens is 1. The van der Waals surface area contributed by atoms with Crippen LogP contribution in [0, 0.1) is 0 Å². The lowest BCUT2D eigenvalue weighted by Crippen LogP contribution is -3.17. The molecule has 0 saturated carbocycles. The van der Waals surface area contributed by atoms with E-state index in [1.165, 1.54) is 24.2 Å². The van der Waals surface area contributed by atoms with Crippen LogP contribution in [-0.4, -0.2) is 30.0 Å². The van der Waals surface area contributed by atoms with Gasteiger partial charge in [-0.05, 0) is 38.3 Å². The Hall–Kier alpha value is -1.13. The molecule has 0 radical (unpaired) electrons. The number of rotatable bonds is 3. The highest BCUT2D eigenvalue weighted by Gasteiger charge is 2.24. The van der Waals surface area contributed by atoms with Gasteiger partial charge in [0.05, 0.1) is 18.3 Å². The van der Waals surface area contributed by atoms with E-state index >= 15 is 0 Å². The van der Waals surface area contributed by atoms with Crippen LogP contribution < -0.4 is 10.2 Å². The first kappa shape index (κ1) is 13.3. The molecule has 2 heterocycles. The normalized spacial score (nSPS) is 23.7. The number of carbonyl (C=O) groups is 1. The van der Waals surface area contributed by atoms with Gasteiger partial charge in [-0.2, -0.15) is 0 Å². The summed E-state index contributed by atoms with van der Waals surface area (Å²) < 4.78 is 0. The van der Waals surface area contributed by atoms with Crippen molar-refractivity contribution in [1.82, 2.24) is 4.98 Å². The van der Waals surface area contributed by atoms with E-state index in [9.17, 15) is 4.79 Å². The molecule has 18 heavy (non-hydrogen) atoms. The van der Waals surface area contributed by atoms with E-state index in [0.29, 0.717) is 23.4 Å². The molecule has 2 atom stereocenters. The van der Waals surface area contributed by atoms with E-state index in [1.54, 1.807) is 18.3 Å². The average Bonchev–Trinajstić information content (AvgIpc) is 2.35. The molecular formula is C13H19ClN3O+. The van der Waals surface area contributed by atoms with Crippen molar-refractivity contribution >= 4 is 23.2 Å². The van der Waals surface area contributed by atoms with Gasteiger partial charge in [0, 0.05) is 6.20 Å². The summed E-state index contributed by atoms with van der Waals surface area (Å²) in [5.74, 6) is 0.00801. The van der Waals surface area contributed by atoms with Crippen molar-refractivity contribution in [3.8, 4) is 0 Å². The maximum Gasteiger partial charge on any atom is 0.279 e. The zero-order valence-corrected chi connectivity index (χ0v) is 11.3. The predicted octanol–water partition coefficient (Wildman–Crippen LogP) is 1.13. The van der Waals surface area contributed by atoms with Crippen molar-refractivity contribution < 1.29 is 9.69 Å². The van der Waals surface area contributed by atoms with Crippen LogP contribution in [-0.2, 0) is 4.79 Å². The van der Waals surface area contributed by atoms with Crippen LogP contribution in [0.1, 0.15) is 26.2 Å². The molecule has 1 saturated heterocycles. The molecule has 1 fully saturated rings. The van der Waals surface area contributed by atoms with Gasteiger partial charge in [0.25, 0.3) is 5.91 Å². The number of carbonyl (C=O) groups excluding carboxylic acids is 1. The molecule has 2 rings (SSSR count). The van der Waals surface area contributed by atoms with Gasteiger partial charge in [-0.1, -0.05) is 11.6 Å². The summed E-state index contributed by atoms with van der Waals surface area (Å²) in [5.41, 5.74) is 0.591. The maximum atomic E-state index is 12.0. The van der Waals surface area contributed by atoms with Crippen LogP contribution in [0.25, 0.3) is 0 Å². The molecule has 1 aliphatic heterocycles. The Morgan fingerprint density at radius 1 is 1.61 bits per heavy atom. The Balaban J connectivity index is 1.90. The summed E-state index contributed by atoms with van der Waals surface area (Å²) in [5, 5.41) is 3.16. The smallest absolute Gasteiger partial charge is 0.279 e. The number of pyridine rings is 1. The molecular weight excluding hydrogens is 250 g/mol. The number of piperidine rings is 1. The predicted molar refractivity (Wildman–Crippen MR) is 71.9 cm³/mol. The lowest BCUT2D eigenvalue weighted by Gasteiger charge is -2.29. The highest BCUT2D eigenvalue weighted by atomic mass is 35.5. The summed E-state index contributed by atoms with van der Waals surface area (Å²) in [7, 11) is 0. The quantitative estimate of drug-likeness (QED) is 0.808. The van der Waals surface area contributed by atoms with E-state index in [1.807, 2.05) is 0 Å². The second kappa shape index (κ2) is 6.16. The zero-order valence-electron chi connectivity index (χ0n) is 10.6. The van der Waals surface area contributed by atoms with Gasteiger partial charge in [-0.3, -0.25) is 4.79 Å². The number of anilines is 1. The number of hydrogen-bond donors (Lipinski definition) is 2. The Morgan fingerprint density at radius 2 is 2.44 bits per heavy atom. The summed E-state index contributed by atoms with van der Waals surface area (Å²) in [4.78, 5) is 17.3. The number of aromatic nitrogens is 1. The number of hydrogen-bond acceptors (Lipinski definition) is 2. The molecule has 1 aromatic rings. The second-order valence-electron chi connectivity index (χ2n) is 4.87. The van der Waals surface area contributed by atoms with Gasteiger partial charge in [0.15, 0.2) is 11.7 Å². The molecule has 0 aliphatic carbocycles. The minimum atomic E-state index is 0.00801. The van der Waals surface area contributed by atoms with Crippen molar-refractivity contribution in [1.29, 1.82) is 0 Å². The molecule has 1 amide bonds. The van der Waals surface area contributed by atoms with E-state index in [-0.39, 0.29) is 5.91 Å². The first-order chi connectivity index (χ1) is 8.66. The molecule has 5 heteroatoms. The molecule has 1 aromatic heterocycles. The number of halogens is 1. The number of nitrogens with one attached hydrogen (secondary N) is 2. The monoisotopic (exact) mass is 268 g/mol. The minimum absolute atomic E-state index is 0.00801. The van der Waals surface area contributed by atoms with Crippen molar-refractivity contribution in [3.63, 3.8) is 0 Å². The van der Waals surface area contributed by atoms with Crippen molar-refractivity contribution in [2.75, 3.05) is 18.4 Å². The summed E-state index contributed by atoms with van der Waals surface area (Å²) in [6.07, 6.45) is 5.30. The number of likely N-dealkylation sites (tertiary alicyclic amines) is 1. The van der Waals surface area contributed by atoms with E-state index < -0.39 is 0 Å². The van der Waals surface area contributed by atoms with Gasteiger partial charge < -0.3 is 10.2 Å². The summed E-state index contributed by atoms with van der Waals surface area (Å²) >= 11 is 5.91. The van der Waals surface area contributed by atoms with Crippen LogP contribution in [0.3, 0.4) is 0 Å². The van der Waals surface area contributed by atoms with Gasteiger partial charge >= 0.3 is 0 Å². The highest BCUT2D eigenvalue weighted by Crippen LogP contribution is 2.16. The van der Waals surface area contributed by atoms with E-state index in [2.05, 4.69) is 17.2 Å². The van der Waals surface area contributed by atoms with Crippen LogP contribution in [0.2, 0.25) is 5.15 Å². The number of amides is 1. The topological polar surface area (TPSA) is 46.4 Å². The Kier molecular flexibility index (Phi) is 4.55. The van der Waals surface area contributed by atoms with Crippen molar-refractivity contribution in [2.24, 2.45) is 0 Å². The van der Waals surface area contributed by atoms with Crippen molar-refractivity contribution in [3.05, 3.63) is 23.5 Å². The minimum Gasteiger partial charge on any atom is -0.325 e. The highest BCUT2D eigenvalue weighted by molar-refractivity contribution is 6.32. The maximum absolute atomic E-state index is 12.0. The third kappa shape index (κ3) is 3.43. The third-order valence-corrected chi connectivity index (χ3v) is 3.80. The molecule has 1 aliphatic rings. The zero-order chi connectivity index (χ0) is 13.0. The molecule has 1 unspecified atom stereocenters. The third-order valence-electron chi connectivity index (χ3n) is 3.50. The van der Waals surface area contributed by atoms with Crippen molar-refractivity contribution in [2.45, 2.75) is 32.2 Å². The average molecular weight is 269 g/mol. The van der Waals surface area contributed by atoms with E-state index in [4.69, 9.17) is 11.6 Å². The van der Waals surface area contributed by atoms with Gasteiger partial charge in [-0.15, -0.1) is 0 Å². The summed E-state index contributed by atoms with van der Waals surface area (Å²) in [6.45, 7) is 3.79. The molecule has 0 spiro atoms. The van der Waals surface area contributed by atoms with Gasteiger partial charge in [0.2, 0.25) is 0 Å². The fraction of sp³-hybridized carbons (Fsp3) is 0.538. The molecule has 4 nitrogen and oxygen atoms in total. The van der Waals surface area contributed by atoms with Gasteiger partial charge in [-0.25, -0.2) is 4.98 Å². The lowest BCUT2D eigenvalue weighted by atomic mass is 10.0. The SMILES string of the molecule is C[C@H]1CCCC[NH+]1CC(=O)Nc1cccnc1Cl. The van der Waals surface area contributed by atoms with Crippen LogP contribution in [0.5, 0.6) is 0 Å². The largest absolute Gasteiger partial charge is 0.325 e. The first-order valence-corrected chi connectivity index (χ1v) is 6.79. The molecule has 0 aromatic carbocycles. The molecule has 2 N–H and O–H groups in total. The Bertz CT molecular complexity index is 424. The fourth-order valence-electron chi connectivity index (χ4n) is 2.40. The van der Waals surface area contributed by atoms with Crippen LogP contribution in [0.4, 0.5) is 5.69 Å². The first-order valence-electron chi connectivity index (χ1n) is 6.42. The Morgan fingerprint density at radius 3 is 3.17 bits per heavy atom. The fourth-order valence-corrected chi connectivity index (χ4v) is 2.56. The standard InChI is InChI=1S/C13H18ClN3O/c1-10-5-2-3-8-17(10)9-12(18)16-11-6-4-7-15-13(11)14/h4,6-7,10H,2-3,5,8-9H2,1H3,(H,16,18)/p+1/t10-/m0/s1. The van der Waals surface area contributed by atoms with Crippen LogP contribution in [0.15, 0.2) is 18.3 Å². The van der Waals surface area contributed by atoms with Crippen LogP contribution >= 0.6 is 11.6 Å². The molecule has 0 bridgehead atoms. The number of nitrogens with zero attached hydrogens (tertiary/aromatic N) is 1. The van der Waals surface area contributed by atoms with Gasteiger partial charge in [0.1, 0.15) is 0 Å². The molecule has 98 valence electrons. The van der Waals surface area contributed by atoms with E-state index in [0.717, 1.165) is 6.54 Å². The Labute approximate surface area is 112 Å². The lowest BCUT2D eigenvalue weighted by molar-refractivity contribution is -0.920. The second-order valence-corrected chi connectivity index (χ2v) is 5.23. The summed E-state index contributed by atoms with van der Waals surface area (Å²) in [6, 6.07) is 4.09.